The molecule has 1 saturated heterocycles. The predicted octanol–water partition coefficient (Wildman–Crippen LogP) is 7.50. The Kier molecular flexibility index (Phi) is 6.45. The number of ketones is 1. The van der Waals surface area contributed by atoms with Crippen LogP contribution in [0.1, 0.15) is 33.4 Å². The molecular formula is C42H33NO4. The minimum atomic E-state index is -1.43. The number of allylic oxidation sites excluding steroid dienone is 2. The molecule has 5 aromatic rings. The molecule has 5 heteroatoms. The van der Waals surface area contributed by atoms with E-state index in [-0.39, 0.29) is 17.6 Å². The van der Waals surface area contributed by atoms with E-state index in [9.17, 15) is 0 Å². The van der Waals surface area contributed by atoms with Crippen LogP contribution >= 0.6 is 0 Å². The molecule has 0 unspecified atom stereocenters. The second kappa shape index (κ2) is 10.5. The quantitative estimate of drug-likeness (QED) is 0.186. The third-order valence-electron chi connectivity index (χ3n) is 10.5. The number of rotatable bonds is 6. The van der Waals surface area contributed by atoms with Crippen LogP contribution < -0.4 is 9.64 Å². The number of hydrogen-bond acceptors (Lipinski definition) is 4. The highest BCUT2D eigenvalue weighted by Gasteiger charge is 2.82. The third kappa shape index (κ3) is 3.74. The number of Topliss-reactive ketones (excluding diaryl/α,β-unsaturated/α-hetero) is 1. The summed E-state index contributed by atoms with van der Waals surface area (Å²) in [6, 6.07) is 42.6. The van der Waals surface area contributed by atoms with Gasteiger partial charge in [-0.3, -0.25) is 14.4 Å². The van der Waals surface area contributed by atoms with Gasteiger partial charge in [-0.25, -0.2) is 4.90 Å². The number of benzene rings is 5. The molecular weight excluding hydrogens is 582 g/mol. The summed E-state index contributed by atoms with van der Waals surface area (Å²) in [5, 5.41) is 0. The Labute approximate surface area is 274 Å². The topological polar surface area (TPSA) is 63.7 Å². The summed E-state index contributed by atoms with van der Waals surface area (Å²) in [5.41, 5.74) is 4.53. The van der Waals surface area contributed by atoms with Gasteiger partial charge in [0.1, 0.15) is 5.75 Å². The van der Waals surface area contributed by atoms with Gasteiger partial charge >= 0.3 is 0 Å². The summed E-state index contributed by atoms with van der Waals surface area (Å²) in [6.07, 6.45) is 0. The molecule has 4 atom stereocenters. The van der Waals surface area contributed by atoms with Gasteiger partial charge in [-0.15, -0.1) is 0 Å². The van der Waals surface area contributed by atoms with Crippen molar-refractivity contribution in [3.05, 3.63) is 167 Å². The number of amides is 2. The normalized spacial score (nSPS) is 24.7. The van der Waals surface area contributed by atoms with E-state index in [1.807, 2.05) is 123 Å². The summed E-state index contributed by atoms with van der Waals surface area (Å²) in [4.78, 5) is 47.4. The molecule has 0 N–H and O–H groups in total. The van der Waals surface area contributed by atoms with Gasteiger partial charge < -0.3 is 4.74 Å². The summed E-state index contributed by atoms with van der Waals surface area (Å²) in [5.74, 6) is -2.16. The Bertz CT molecular complexity index is 1960. The molecule has 1 saturated carbocycles. The molecule has 5 aromatic carbocycles. The Hall–Kier alpha value is -5.55. The van der Waals surface area contributed by atoms with Crippen molar-refractivity contribution in [2.24, 2.45) is 11.8 Å². The van der Waals surface area contributed by atoms with E-state index in [0.29, 0.717) is 22.6 Å². The van der Waals surface area contributed by atoms with Crippen molar-refractivity contribution in [2.75, 3.05) is 12.0 Å². The summed E-state index contributed by atoms with van der Waals surface area (Å²) in [6.45, 7) is 4.07. The fourth-order valence-corrected chi connectivity index (χ4v) is 8.55. The zero-order valence-electron chi connectivity index (χ0n) is 26.4. The van der Waals surface area contributed by atoms with Crippen molar-refractivity contribution >= 4 is 34.4 Å². The molecule has 1 aliphatic heterocycles. The number of methoxy groups -OCH3 is 1. The lowest BCUT2D eigenvalue weighted by Crippen LogP contribution is -2.45. The maximum Gasteiger partial charge on any atom is 0.239 e. The fourth-order valence-electron chi connectivity index (χ4n) is 8.55. The monoisotopic (exact) mass is 615 g/mol. The SMILES string of the molecule is COc1ccc(N2C(=O)[C@@H]3[C@@H](C2=O)[C@@]2(c4ccccc4)C(=O)[C@@]3(c3ccccc3)C(c3ccc(C)cc3)=C2c2ccc(C)cc2)cc1. The number of ether oxygens (including phenoxy) is 1. The Morgan fingerprint density at radius 1 is 0.532 bits per heavy atom. The number of carbonyl (C=O) groups excluding carboxylic acids is 3. The van der Waals surface area contributed by atoms with Gasteiger partial charge in [0.25, 0.3) is 0 Å². The minimum Gasteiger partial charge on any atom is -0.497 e. The Morgan fingerprint density at radius 3 is 1.32 bits per heavy atom. The number of hydrogen-bond donors (Lipinski definition) is 0. The van der Waals surface area contributed by atoms with E-state index in [1.165, 1.54) is 4.90 Å². The molecule has 2 amide bonds. The lowest BCUT2D eigenvalue weighted by Gasteiger charge is -2.39. The number of fused-ring (bicyclic) bond motifs is 5. The molecule has 230 valence electrons. The molecule has 2 aliphatic carbocycles. The van der Waals surface area contributed by atoms with Gasteiger partial charge in [-0.1, -0.05) is 120 Å². The van der Waals surface area contributed by atoms with Crippen LogP contribution in [0.25, 0.3) is 11.1 Å². The second-order valence-corrected chi connectivity index (χ2v) is 12.8. The summed E-state index contributed by atoms with van der Waals surface area (Å²) >= 11 is 0. The molecule has 0 spiro atoms. The Balaban J connectivity index is 1.53. The third-order valence-corrected chi connectivity index (χ3v) is 10.5. The van der Waals surface area contributed by atoms with E-state index < -0.39 is 22.7 Å². The maximum atomic E-state index is 16.0. The van der Waals surface area contributed by atoms with E-state index in [4.69, 9.17) is 4.74 Å². The van der Waals surface area contributed by atoms with Crippen LogP contribution in [0.4, 0.5) is 5.69 Å². The molecule has 2 fully saturated rings. The first-order chi connectivity index (χ1) is 22.8. The van der Waals surface area contributed by atoms with Crippen molar-refractivity contribution in [1.82, 2.24) is 0 Å². The van der Waals surface area contributed by atoms with Crippen molar-refractivity contribution in [2.45, 2.75) is 24.7 Å². The zero-order chi connectivity index (χ0) is 32.5. The van der Waals surface area contributed by atoms with Gasteiger partial charge in [0.05, 0.1) is 35.5 Å². The number of imide groups is 1. The van der Waals surface area contributed by atoms with Crippen LogP contribution in [0, 0.1) is 25.7 Å². The molecule has 3 aliphatic rings. The molecule has 47 heavy (non-hydrogen) atoms. The van der Waals surface area contributed by atoms with E-state index in [0.717, 1.165) is 33.4 Å². The number of anilines is 1. The van der Waals surface area contributed by atoms with Gasteiger partial charge in [0.2, 0.25) is 11.8 Å². The van der Waals surface area contributed by atoms with Crippen LogP contribution in [-0.4, -0.2) is 24.7 Å². The number of nitrogens with zero attached hydrogens (tertiary/aromatic N) is 1. The average Bonchev–Trinajstić information content (AvgIpc) is 3.62. The van der Waals surface area contributed by atoms with Gasteiger partial charge in [-0.2, -0.15) is 0 Å². The largest absolute Gasteiger partial charge is 0.497 e. The molecule has 1 heterocycles. The van der Waals surface area contributed by atoms with Crippen molar-refractivity contribution in [3.8, 4) is 5.75 Å². The number of aryl methyl sites for hydroxylation is 2. The lowest BCUT2D eigenvalue weighted by atomic mass is 9.59. The summed E-state index contributed by atoms with van der Waals surface area (Å²) < 4.78 is 5.37. The fraction of sp³-hybridized carbons (Fsp3) is 0.167. The van der Waals surface area contributed by atoms with E-state index >= 15 is 14.4 Å². The van der Waals surface area contributed by atoms with E-state index in [1.54, 1.807) is 31.4 Å². The van der Waals surface area contributed by atoms with Crippen LogP contribution in [0.3, 0.4) is 0 Å². The van der Waals surface area contributed by atoms with Crippen molar-refractivity contribution in [3.63, 3.8) is 0 Å². The van der Waals surface area contributed by atoms with Crippen molar-refractivity contribution in [1.29, 1.82) is 0 Å². The lowest BCUT2D eigenvalue weighted by molar-refractivity contribution is -0.130. The highest BCUT2D eigenvalue weighted by molar-refractivity contribution is 6.39. The summed E-state index contributed by atoms with van der Waals surface area (Å²) in [7, 11) is 1.58. The standard InChI is InChI=1S/C42H33NO4/c1-26-14-18-28(19-15-26)34-35(29-20-16-27(2)17-21-29)42(31-12-8-5-9-13-31)37-36(41(34,40(42)46)30-10-6-4-7-11-30)38(44)43(39(37)45)32-22-24-33(47-3)25-23-32/h4-25,36-37H,1-3H3/t36-,37-,41-,42-/m0/s1. The van der Waals surface area contributed by atoms with Crippen LogP contribution in [-0.2, 0) is 25.2 Å². The zero-order valence-corrected chi connectivity index (χ0v) is 26.4. The Morgan fingerprint density at radius 2 is 0.936 bits per heavy atom. The minimum absolute atomic E-state index is 0.125. The number of carbonyl (C=O) groups is 3. The molecule has 8 rings (SSSR count). The first kappa shape index (κ1) is 28.9. The molecule has 0 aromatic heterocycles. The van der Waals surface area contributed by atoms with Crippen LogP contribution in [0.15, 0.2) is 133 Å². The van der Waals surface area contributed by atoms with Gasteiger partial charge in [-0.05, 0) is 71.5 Å². The first-order valence-corrected chi connectivity index (χ1v) is 15.9. The van der Waals surface area contributed by atoms with Crippen LogP contribution in [0.2, 0.25) is 0 Å². The van der Waals surface area contributed by atoms with Crippen molar-refractivity contribution < 1.29 is 19.1 Å². The van der Waals surface area contributed by atoms with Gasteiger partial charge in [0, 0.05) is 0 Å². The average molecular weight is 616 g/mol. The van der Waals surface area contributed by atoms with Gasteiger partial charge in [0.15, 0.2) is 5.78 Å². The highest BCUT2D eigenvalue weighted by Crippen LogP contribution is 2.74. The first-order valence-electron chi connectivity index (χ1n) is 15.9. The predicted molar refractivity (Wildman–Crippen MR) is 183 cm³/mol. The maximum absolute atomic E-state index is 16.0. The smallest absolute Gasteiger partial charge is 0.239 e. The molecule has 2 bridgehead atoms. The second-order valence-electron chi connectivity index (χ2n) is 12.8. The molecule has 5 nitrogen and oxygen atoms in total. The van der Waals surface area contributed by atoms with Crippen LogP contribution in [0.5, 0.6) is 5.75 Å². The highest BCUT2D eigenvalue weighted by atomic mass is 16.5. The van der Waals surface area contributed by atoms with E-state index in [2.05, 4.69) is 0 Å². The molecule has 0 radical (unpaired) electrons.